The summed E-state index contributed by atoms with van der Waals surface area (Å²) in [6.45, 7) is 0.680. The van der Waals surface area contributed by atoms with E-state index in [1.54, 1.807) is 4.57 Å². The Balaban J connectivity index is 1.94. The number of alkyl halides is 1. The monoisotopic (exact) mass is 298 g/mol. The number of imidazole rings is 1. The van der Waals surface area contributed by atoms with Crippen molar-refractivity contribution >= 4 is 22.6 Å². The molecule has 1 aliphatic rings. The molecule has 0 aliphatic heterocycles. The predicted molar refractivity (Wildman–Crippen MR) is 76.0 cm³/mol. The Morgan fingerprint density at radius 2 is 2.10 bits per heavy atom. The maximum absolute atomic E-state index is 14.0. The lowest BCUT2D eigenvalue weighted by Crippen LogP contribution is -2.06. The number of aryl methyl sites for hydroxylation is 2. The van der Waals surface area contributed by atoms with E-state index < -0.39 is 11.6 Å². The molecule has 20 heavy (non-hydrogen) atoms. The van der Waals surface area contributed by atoms with Gasteiger partial charge in [-0.2, -0.15) is 0 Å². The molecule has 5 heteroatoms. The number of rotatable bonds is 6. The summed E-state index contributed by atoms with van der Waals surface area (Å²) in [5, 5.41) is 0. The Hall–Kier alpha value is -1.16. The summed E-state index contributed by atoms with van der Waals surface area (Å²) in [4.78, 5) is 4.39. The van der Waals surface area contributed by atoms with Crippen molar-refractivity contribution < 1.29 is 8.78 Å². The molecule has 0 radical (unpaired) electrons. The molecule has 2 nitrogen and oxygen atoms in total. The zero-order valence-corrected chi connectivity index (χ0v) is 12.0. The van der Waals surface area contributed by atoms with Gasteiger partial charge in [-0.1, -0.05) is 12.8 Å². The number of aromatic nitrogens is 2. The lowest BCUT2D eigenvalue weighted by Gasteiger charge is -2.09. The largest absolute Gasteiger partial charge is 0.325 e. The first-order valence-corrected chi connectivity index (χ1v) is 7.63. The van der Waals surface area contributed by atoms with Gasteiger partial charge in [-0.25, -0.2) is 13.8 Å². The molecule has 2 aromatic rings. The zero-order valence-electron chi connectivity index (χ0n) is 11.2. The van der Waals surface area contributed by atoms with Gasteiger partial charge in [-0.05, 0) is 30.9 Å². The lowest BCUT2D eigenvalue weighted by atomic mass is 10.2. The van der Waals surface area contributed by atoms with Gasteiger partial charge >= 0.3 is 0 Å². The Bertz CT molecular complexity index is 620. The Kier molecular flexibility index (Phi) is 3.92. The topological polar surface area (TPSA) is 17.8 Å². The highest BCUT2D eigenvalue weighted by atomic mass is 35.5. The van der Waals surface area contributed by atoms with Gasteiger partial charge in [0.25, 0.3) is 0 Å². The van der Waals surface area contributed by atoms with Gasteiger partial charge in [0, 0.05) is 18.8 Å². The number of fused-ring (bicyclic) bond motifs is 1. The maximum atomic E-state index is 14.0. The number of halogens is 3. The first kappa shape index (κ1) is 13.8. The number of hydrogen-bond acceptors (Lipinski definition) is 1. The van der Waals surface area contributed by atoms with Gasteiger partial charge < -0.3 is 4.57 Å². The van der Waals surface area contributed by atoms with E-state index in [-0.39, 0.29) is 5.52 Å². The molecule has 0 saturated heterocycles. The van der Waals surface area contributed by atoms with Gasteiger partial charge in [-0.3, -0.25) is 0 Å². The third-order valence-electron chi connectivity index (χ3n) is 3.89. The third kappa shape index (κ3) is 2.66. The second kappa shape index (κ2) is 5.68. The molecular formula is C15H17ClF2N2. The van der Waals surface area contributed by atoms with E-state index in [0.717, 1.165) is 30.7 Å². The number of benzene rings is 1. The third-order valence-corrected chi connectivity index (χ3v) is 4.08. The summed E-state index contributed by atoms with van der Waals surface area (Å²) in [5.74, 6) is 0.384. The fourth-order valence-electron chi connectivity index (χ4n) is 2.67. The summed E-state index contributed by atoms with van der Waals surface area (Å²) in [7, 11) is 0. The van der Waals surface area contributed by atoms with Crippen molar-refractivity contribution in [2.45, 2.75) is 38.6 Å². The minimum Gasteiger partial charge on any atom is -0.325 e. The van der Waals surface area contributed by atoms with Crippen LogP contribution in [0.2, 0.25) is 0 Å². The van der Waals surface area contributed by atoms with E-state index in [2.05, 4.69) is 4.98 Å². The van der Waals surface area contributed by atoms with Crippen LogP contribution >= 0.6 is 11.6 Å². The van der Waals surface area contributed by atoms with Crippen LogP contribution in [0.5, 0.6) is 0 Å². The van der Waals surface area contributed by atoms with Crippen molar-refractivity contribution in [3.05, 3.63) is 29.6 Å². The SMILES string of the molecule is Fc1ccc2nc(CCCl)n(CCCC3CC3)c2c1F. The lowest BCUT2D eigenvalue weighted by molar-refractivity contribution is 0.506. The fourth-order valence-corrected chi connectivity index (χ4v) is 2.84. The van der Waals surface area contributed by atoms with Crippen LogP contribution in [0.3, 0.4) is 0 Å². The molecule has 108 valence electrons. The number of hydrogen-bond donors (Lipinski definition) is 0. The van der Waals surface area contributed by atoms with E-state index in [0.29, 0.717) is 24.4 Å². The fraction of sp³-hybridized carbons (Fsp3) is 0.533. The number of nitrogens with zero attached hydrogens (tertiary/aromatic N) is 2. The quantitative estimate of drug-likeness (QED) is 0.728. The van der Waals surface area contributed by atoms with Crippen molar-refractivity contribution in [1.29, 1.82) is 0 Å². The average molecular weight is 299 g/mol. The summed E-state index contributed by atoms with van der Waals surface area (Å²) >= 11 is 5.78. The second-order valence-corrected chi connectivity index (χ2v) is 5.81. The molecule has 0 atom stereocenters. The van der Waals surface area contributed by atoms with Gasteiger partial charge in [0.05, 0.1) is 5.52 Å². The predicted octanol–water partition coefficient (Wildman–Crippen LogP) is 4.29. The molecule has 0 spiro atoms. The van der Waals surface area contributed by atoms with Crippen molar-refractivity contribution in [2.75, 3.05) is 5.88 Å². The molecule has 1 aromatic carbocycles. The summed E-state index contributed by atoms with van der Waals surface area (Å²) in [6, 6.07) is 2.66. The van der Waals surface area contributed by atoms with E-state index in [1.807, 2.05) is 0 Å². The molecule has 0 N–H and O–H groups in total. The molecule has 1 fully saturated rings. The van der Waals surface area contributed by atoms with E-state index in [1.165, 1.54) is 18.9 Å². The van der Waals surface area contributed by atoms with Crippen molar-refractivity contribution in [3.63, 3.8) is 0 Å². The molecule has 1 saturated carbocycles. The smallest absolute Gasteiger partial charge is 0.184 e. The molecule has 0 bridgehead atoms. The van der Waals surface area contributed by atoms with Crippen LogP contribution in [0.1, 0.15) is 31.5 Å². The Labute approximate surface area is 121 Å². The molecule has 0 amide bonds. The summed E-state index contributed by atoms with van der Waals surface area (Å²) in [5.41, 5.74) is 0.788. The average Bonchev–Trinajstić information content (AvgIpc) is 3.18. The molecule has 1 heterocycles. The van der Waals surface area contributed by atoms with Crippen LogP contribution in [0.4, 0.5) is 8.78 Å². The van der Waals surface area contributed by atoms with Crippen molar-refractivity contribution in [2.24, 2.45) is 5.92 Å². The van der Waals surface area contributed by atoms with Gasteiger partial charge in [0.2, 0.25) is 0 Å². The molecule has 1 aromatic heterocycles. The van der Waals surface area contributed by atoms with E-state index in [9.17, 15) is 8.78 Å². The Morgan fingerprint density at radius 1 is 1.30 bits per heavy atom. The van der Waals surface area contributed by atoms with Gasteiger partial charge in [0.15, 0.2) is 11.6 Å². The minimum absolute atomic E-state index is 0.279. The van der Waals surface area contributed by atoms with Crippen LogP contribution in [-0.4, -0.2) is 15.4 Å². The van der Waals surface area contributed by atoms with Crippen LogP contribution in [0.15, 0.2) is 12.1 Å². The highest BCUT2D eigenvalue weighted by Crippen LogP contribution is 2.34. The summed E-state index contributed by atoms with van der Waals surface area (Å²) in [6.07, 6.45) is 5.31. The van der Waals surface area contributed by atoms with Crippen LogP contribution in [0, 0.1) is 17.6 Å². The van der Waals surface area contributed by atoms with Gasteiger partial charge in [0.1, 0.15) is 11.3 Å². The summed E-state index contributed by atoms with van der Waals surface area (Å²) < 4.78 is 29.3. The molecule has 1 aliphatic carbocycles. The maximum Gasteiger partial charge on any atom is 0.184 e. The first-order chi connectivity index (χ1) is 9.70. The van der Waals surface area contributed by atoms with Crippen LogP contribution in [0.25, 0.3) is 11.0 Å². The van der Waals surface area contributed by atoms with Crippen LogP contribution in [-0.2, 0) is 13.0 Å². The van der Waals surface area contributed by atoms with E-state index in [4.69, 9.17) is 11.6 Å². The molecule has 3 rings (SSSR count). The van der Waals surface area contributed by atoms with E-state index >= 15 is 0 Å². The van der Waals surface area contributed by atoms with Crippen molar-refractivity contribution in [1.82, 2.24) is 9.55 Å². The highest BCUT2D eigenvalue weighted by Gasteiger charge is 2.21. The first-order valence-electron chi connectivity index (χ1n) is 7.09. The van der Waals surface area contributed by atoms with Crippen LogP contribution < -0.4 is 0 Å². The normalized spacial score (nSPS) is 15.2. The van der Waals surface area contributed by atoms with Gasteiger partial charge in [-0.15, -0.1) is 11.6 Å². The Morgan fingerprint density at radius 3 is 2.80 bits per heavy atom. The highest BCUT2D eigenvalue weighted by molar-refractivity contribution is 6.17. The molecule has 0 unspecified atom stereocenters. The molecular weight excluding hydrogens is 282 g/mol. The van der Waals surface area contributed by atoms with Crippen molar-refractivity contribution in [3.8, 4) is 0 Å². The second-order valence-electron chi connectivity index (χ2n) is 5.43. The zero-order chi connectivity index (χ0) is 14.1. The standard InChI is InChI=1S/C15H17ClF2N2/c16-8-7-13-19-12-6-5-11(17)14(18)15(12)20(13)9-1-2-10-3-4-10/h5-6,10H,1-4,7-9H2. The minimum atomic E-state index is -0.821.